The van der Waals surface area contributed by atoms with Gasteiger partial charge in [0.05, 0.1) is 0 Å². The van der Waals surface area contributed by atoms with Crippen molar-refractivity contribution < 1.29 is 8.78 Å². The van der Waals surface area contributed by atoms with Crippen LogP contribution >= 0.6 is 11.8 Å². The monoisotopic (exact) mass is 300 g/mol. The van der Waals surface area contributed by atoms with E-state index in [1.807, 2.05) is 13.2 Å². The molecule has 2 rings (SSSR count). The minimum Gasteiger partial charge on any atom is -0.366 e. The molecule has 1 unspecified atom stereocenters. The normalized spacial score (nSPS) is 16.2. The van der Waals surface area contributed by atoms with Gasteiger partial charge in [0, 0.05) is 31.4 Å². The zero-order valence-corrected chi connectivity index (χ0v) is 13.1. The zero-order chi connectivity index (χ0) is 14.7. The van der Waals surface area contributed by atoms with Crippen molar-refractivity contribution in [1.82, 2.24) is 5.32 Å². The van der Waals surface area contributed by atoms with Gasteiger partial charge < -0.3 is 10.2 Å². The minimum atomic E-state index is -0.479. The third-order valence-corrected chi connectivity index (χ3v) is 4.49. The lowest BCUT2D eigenvalue weighted by atomic mass is 10.1. The molecule has 0 spiro atoms. The number of nitrogens with one attached hydrogen (secondary N) is 1. The molecule has 0 aliphatic heterocycles. The van der Waals surface area contributed by atoms with Crippen molar-refractivity contribution in [3.05, 3.63) is 29.3 Å². The van der Waals surface area contributed by atoms with Crippen molar-refractivity contribution in [2.24, 2.45) is 0 Å². The van der Waals surface area contributed by atoms with Crippen LogP contribution in [0.3, 0.4) is 0 Å². The maximum Gasteiger partial charge on any atom is 0.149 e. The second-order valence-corrected chi connectivity index (χ2v) is 6.39. The van der Waals surface area contributed by atoms with Crippen molar-refractivity contribution in [2.45, 2.75) is 38.4 Å². The van der Waals surface area contributed by atoms with Crippen LogP contribution in [0.4, 0.5) is 14.5 Å². The van der Waals surface area contributed by atoms with Gasteiger partial charge in [0.1, 0.15) is 17.3 Å². The molecule has 1 aromatic rings. The molecule has 20 heavy (non-hydrogen) atoms. The zero-order valence-electron chi connectivity index (χ0n) is 12.2. The summed E-state index contributed by atoms with van der Waals surface area (Å²) in [5.74, 6) is -0.124. The molecule has 1 saturated carbocycles. The minimum absolute atomic E-state index is 0.0710. The van der Waals surface area contributed by atoms with Gasteiger partial charge in [-0.05, 0) is 43.7 Å². The van der Waals surface area contributed by atoms with E-state index in [4.69, 9.17) is 0 Å². The Hall–Kier alpha value is -0.810. The van der Waals surface area contributed by atoms with Gasteiger partial charge in [-0.2, -0.15) is 11.8 Å². The number of hydrogen-bond donors (Lipinski definition) is 1. The first-order valence-corrected chi connectivity index (χ1v) is 8.35. The van der Waals surface area contributed by atoms with E-state index in [2.05, 4.69) is 5.32 Å². The number of nitrogens with zero attached hydrogens (tertiary/aromatic N) is 1. The Bertz CT molecular complexity index is 440. The summed E-state index contributed by atoms with van der Waals surface area (Å²) in [5, 5.41) is 3.27. The van der Waals surface area contributed by atoms with Gasteiger partial charge in [-0.15, -0.1) is 0 Å². The fourth-order valence-electron chi connectivity index (χ4n) is 2.18. The van der Waals surface area contributed by atoms with Crippen LogP contribution in [0.15, 0.2) is 12.1 Å². The third-order valence-electron chi connectivity index (χ3n) is 3.67. The van der Waals surface area contributed by atoms with Gasteiger partial charge in [0.15, 0.2) is 0 Å². The van der Waals surface area contributed by atoms with Crippen LogP contribution in [0, 0.1) is 11.6 Å². The van der Waals surface area contributed by atoms with Crippen LogP contribution in [-0.4, -0.2) is 31.1 Å². The Labute approximate surface area is 123 Å². The van der Waals surface area contributed by atoms with E-state index in [0.29, 0.717) is 18.2 Å². The largest absolute Gasteiger partial charge is 0.366 e. The highest BCUT2D eigenvalue weighted by Gasteiger charge is 2.22. The lowest BCUT2D eigenvalue weighted by Crippen LogP contribution is -2.32. The predicted octanol–water partition coefficient (Wildman–Crippen LogP) is 3.40. The Morgan fingerprint density at radius 3 is 2.45 bits per heavy atom. The fraction of sp³-hybridized carbons (Fsp3) is 0.600. The van der Waals surface area contributed by atoms with Crippen LogP contribution in [0.5, 0.6) is 0 Å². The molecule has 0 heterocycles. The molecule has 1 aromatic carbocycles. The maximum absolute atomic E-state index is 14.2. The van der Waals surface area contributed by atoms with Crippen molar-refractivity contribution in [2.75, 3.05) is 24.0 Å². The summed E-state index contributed by atoms with van der Waals surface area (Å²) in [5.41, 5.74) is 0.739. The molecule has 0 aromatic heterocycles. The first kappa shape index (κ1) is 15.6. The molecule has 0 radical (unpaired) electrons. The Morgan fingerprint density at radius 1 is 1.35 bits per heavy atom. The van der Waals surface area contributed by atoms with Crippen LogP contribution in [0.1, 0.15) is 25.3 Å². The number of thioether (sulfide) groups is 1. The Kier molecular flexibility index (Phi) is 5.27. The van der Waals surface area contributed by atoms with Crippen LogP contribution in [0.2, 0.25) is 0 Å². The average Bonchev–Trinajstić information content (AvgIpc) is 3.19. The molecule has 1 fully saturated rings. The molecule has 1 N–H and O–H groups in total. The van der Waals surface area contributed by atoms with E-state index >= 15 is 0 Å². The number of anilines is 1. The van der Waals surface area contributed by atoms with E-state index in [1.54, 1.807) is 23.7 Å². The Morgan fingerprint density at radius 2 is 1.95 bits per heavy atom. The summed E-state index contributed by atoms with van der Waals surface area (Å²) < 4.78 is 28.4. The van der Waals surface area contributed by atoms with Crippen molar-refractivity contribution >= 4 is 17.4 Å². The lowest BCUT2D eigenvalue weighted by molar-refractivity contribution is 0.561. The molecule has 2 nitrogen and oxygen atoms in total. The highest BCUT2D eigenvalue weighted by atomic mass is 32.2. The second kappa shape index (κ2) is 6.76. The smallest absolute Gasteiger partial charge is 0.149 e. The van der Waals surface area contributed by atoms with E-state index in [9.17, 15) is 8.78 Å². The van der Waals surface area contributed by atoms with E-state index in [1.165, 1.54) is 12.1 Å². The summed E-state index contributed by atoms with van der Waals surface area (Å²) in [6.07, 6.45) is 4.32. The van der Waals surface area contributed by atoms with E-state index in [-0.39, 0.29) is 11.7 Å². The van der Waals surface area contributed by atoms with Crippen LogP contribution in [-0.2, 0) is 6.54 Å². The summed E-state index contributed by atoms with van der Waals surface area (Å²) >= 11 is 1.67. The molecule has 1 aliphatic carbocycles. The van der Waals surface area contributed by atoms with Gasteiger partial charge in [-0.3, -0.25) is 0 Å². The average molecular weight is 300 g/mol. The predicted molar refractivity (Wildman–Crippen MR) is 82.5 cm³/mol. The van der Waals surface area contributed by atoms with Gasteiger partial charge in [0.2, 0.25) is 0 Å². The standard InChI is InChI=1S/C15H22F2N2S/c1-10(9-20-3)19(2)15-13(16)6-11(7-14(15)17)8-18-12-4-5-12/h6-7,10,12,18H,4-5,8-9H2,1-3H3. The third kappa shape index (κ3) is 3.85. The highest BCUT2D eigenvalue weighted by Crippen LogP contribution is 2.27. The van der Waals surface area contributed by atoms with E-state index in [0.717, 1.165) is 18.6 Å². The summed E-state index contributed by atoms with van der Waals surface area (Å²) in [4.78, 5) is 1.68. The maximum atomic E-state index is 14.2. The molecular formula is C15H22F2N2S. The molecule has 0 amide bonds. The fourth-order valence-corrected chi connectivity index (χ4v) is 2.89. The molecule has 1 atom stereocenters. The molecule has 5 heteroatoms. The van der Waals surface area contributed by atoms with Gasteiger partial charge in [-0.25, -0.2) is 8.78 Å². The van der Waals surface area contributed by atoms with Crippen molar-refractivity contribution in [1.29, 1.82) is 0 Å². The number of rotatable bonds is 7. The SMILES string of the molecule is CSCC(C)N(C)c1c(F)cc(CNC2CC2)cc1F. The summed E-state index contributed by atoms with van der Waals surface area (Å²) in [6, 6.07) is 3.50. The molecule has 0 saturated heterocycles. The lowest BCUT2D eigenvalue weighted by Gasteiger charge is -2.27. The topological polar surface area (TPSA) is 15.3 Å². The Balaban J connectivity index is 2.12. The number of hydrogen-bond acceptors (Lipinski definition) is 3. The summed E-state index contributed by atoms with van der Waals surface area (Å²) in [6.45, 7) is 2.50. The summed E-state index contributed by atoms with van der Waals surface area (Å²) in [7, 11) is 1.74. The molecule has 1 aliphatic rings. The molecular weight excluding hydrogens is 278 g/mol. The van der Waals surface area contributed by atoms with E-state index < -0.39 is 11.6 Å². The first-order valence-electron chi connectivity index (χ1n) is 6.96. The highest BCUT2D eigenvalue weighted by molar-refractivity contribution is 7.98. The van der Waals surface area contributed by atoms with Crippen LogP contribution < -0.4 is 10.2 Å². The van der Waals surface area contributed by atoms with Crippen LogP contribution in [0.25, 0.3) is 0 Å². The second-order valence-electron chi connectivity index (χ2n) is 5.48. The number of halogens is 2. The van der Waals surface area contributed by atoms with Crippen molar-refractivity contribution in [3.8, 4) is 0 Å². The quantitative estimate of drug-likeness (QED) is 0.831. The van der Waals surface area contributed by atoms with Gasteiger partial charge in [-0.1, -0.05) is 0 Å². The van der Waals surface area contributed by atoms with Gasteiger partial charge >= 0.3 is 0 Å². The van der Waals surface area contributed by atoms with Gasteiger partial charge in [0.25, 0.3) is 0 Å². The number of benzene rings is 1. The molecule has 112 valence electrons. The first-order chi connectivity index (χ1) is 9.52. The molecule has 0 bridgehead atoms. The van der Waals surface area contributed by atoms with Crippen molar-refractivity contribution in [3.63, 3.8) is 0 Å².